The highest BCUT2D eigenvalue weighted by Gasteiger charge is 2.19. The van der Waals surface area contributed by atoms with Gasteiger partial charge in [0.15, 0.2) is 5.82 Å². The molecule has 1 aliphatic heterocycles. The monoisotopic (exact) mass is 228 g/mol. The van der Waals surface area contributed by atoms with E-state index in [0.717, 1.165) is 24.4 Å². The molecule has 1 aromatic carbocycles. The van der Waals surface area contributed by atoms with Crippen molar-refractivity contribution in [1.29, 1.82) is 0 Å². The number of anilines is 1. The number of carbonyl (C=O) groups excluding carboxylic acids is 1. The molecule has 2 heterocycles. The van der Waals surface area contributed by atoms with E-state index >= 15 is 0 Å². The van der Waals surface area contributed by atoms with Gasteiger partial charge in [-0.05, 0) is 12.0 Å². The molecule has 0 spiro atoms. The van der Waals surface area contributed by atoms with Crippen LogP contribution in [0.3, 0.4) is 0 Å². The lowest BCUT2D eigenvalue weighted by molar-refractivity contribution is -0.114. The van der Waals surface area contributed by atoms with Gasteiger partial charge in [-0.1, -0.05) is 24.3 Å². The van der Waals surface area contributed by atoms with Crippen molar-refractivity contribution in [2.45, 2.75) is 19.9 Å². The summed E-state index contributed by atoms with van der Waals surface area (Å²) in [4.78, 5) is 15.3. The summed E-state index contributed by atoms with van der Waals surface area (Å²) in [6.07, 6.45) is 0.950. The first-order valence-corrected chi connectivity index (χ1v) is 5.55. The van der Waals surface area contributed by atoms with Crippen LogP contribution in [0.15, 0.2) is 24.3 Å². The van der Waals surface area contributed by atoms with Crippen LogP contribution in [-0.4, -0.2) is 20.7 Å². The fraction of sp³-hybridized carbons (Fsp3) is 0.250. The number of nitrogens with zero attached hydrogens (tertiary/aromatic N) is 3. The average molecular weight is 228 g/mol. The summed E-state index contributed by atoms with van der Waals surface area (Å²) in [5, 5.41) is 6.87. The molecule has 86 valence electrons. The maximum absolute atomic E-state index is 11.0. The quantitative estimate of drug-likeness (QED) is 0.803. The van der Waals surface area contributed by atoms with Crippen LogP contribution in [-0.2, 0) is 17.8 Å². The van der Waals surface area contributed by atoms with E-state index in [1.807, 2.05) is 22.9 Å². The van der Waals surface area contributed by atoms with Crippen molar-refractivity contribution in [3.63, 3.8) is 0 Å². The van der Waals surface area contributed by atoms with Crippen LogP contribution in [0.4, 0.5) is 5.95 Å². The van der Waals surface area contributed by atoms with Crippen molar-refractivity contribution < 1.29 is 4.79 Å². The number of aromatic nitrogens is 3. The second-order valence-electron chi connectivity index (χ2n) is 4.07. The SMILES string of the molecule is CC(=O)Nc1nc2n(n1)CCc1ccccc1-2. The Balaban J connectivity index is 2.07. The van der Waals surface area contributed by atoms with Gasteiger partial charge in [-0.3, -0.25) is 10.1 Å². The Kier molecular flexibility index (Phi) is 2.18. The number of nitrogens with one attached hydrogen (secondary N) is 1. The van der Waals surface area contributed by atoms with E-state index in [1.54, 1.807) is 0 Å². The van der Waals surface area contributed by atoms with Gasteiger partial charge in [0.25, 0.3) is 0 Å². The van der Waals surface area contributed by atoms with Gasteiger partial charge in [0.1, 0.15) is 0 Å². The summed E-state index contributed by atoms with van der Waals surface area (Å²) in [6.45, 7) is 2.26. The van der Waals surface area contributed by atoms with Crippen molar-refractivity contribution in [3.05, 3.63) is 29.8 Å². The molecule has 2 aromatic rings. The van der Waals surface area contributed by atoms with Gasteiger partial charge in [0.05, 0.1) is 0 Å². The molecule has 5 nitrogen and oxygen atoms in total. The highest BCUT2D eigenvalue weighted by atomic mass is 16.1. The summed E-state index contributed by atoms with van der Waals surface area (Å²) < 4.78 is 1.84. The van der Waals surface area contributed by atoms with E-state index in [1.165, 1.54) is 12.5 Å². The van der Waals surface area contributed by atoms with E-state index in [9.17, 15) is 4.79 Å². The molecule has 0 unspecified atom stereocenters. The Morgan fingerprint density at radius 2 is 2.24 bits per heavy atom. The lowest BCUT2D eigenvalue weighted by Gasteiger charge is -2.15. The first-order valence-electron chi connectivity index (χ1n) is 5.55. The molecule has 3 rings (SSSR count). The zero-order chi connectivity index (χ0) is 11.8. The third-order valence-electron chi connectivity index (χ3n) is 2.81. The normalized spacial score (nSPS) is 12.8. The molecule has 1 N–H and O–H groups in total. The van der Waals surface area contributed by atoms with Gasteiger partial charge in [-0.25, -0.2) is 4.68 Å². The average Bonchev–Trinajstić information content (AvgIpc) is 2.70. The summed E-state index contributed by atoms with van der Waals surface area (Å²) in [5.74, 6) is 1.06. The molecule has 17 heavy (non-hydrogen) atoms. The number of hydrogen-bond acceptors (Lipinski definition) is 3. The van der Waals surface area contributed by atoms with Gasteiger partial charge in [0, 0.05) is 19.0 Å². The number of hydrogen-bond donors (Lipinski definition) is 1. The van der Waals surface area contributed by atoms with E-state index < -0.39 is 0 Å². The fourth-order valence-electron chi connectivity index (χ4n) is 2.09. The van der Waals surface area contributed by atoms with Crippen LogP contribution in [0, 0.1) is 0 Å². The number of aryl methyl sites for hydroxylation is 2. The summed E-state index contributed by atoms with van der Waals surface area (Å²) in [6, 6.07) is 8.15. The molecule has 0 radical (unpaired) electrons. The lowest BCUT2D eigenvalue weighted by atomic mass is 10.0. The van der Waals surface area contributed by atoms with Crippen LogP contribution in [0.25, 0.3) is 11.4 Å². The van der Waals surface area contributed by atoms with Crippen molar-refractivity contribution in [2.75, 3.05) is 5.32 Å². The minimum Gasteiger partial charge on any atom is -0.293 e. The fourth-order valence-corrected chi connectivity index (χ4v) is 2.09. The molecule has 0 aliphatic carbocycles. The van der Waals surface area contributed by atoms with Gasteiger partial charge < -0.3 is 0 Å². The molecular weight excluding hydrogens is 216 g/mol. The lowest BCUT2D eigenvalue weighted by Crippen LogP contribution is -2.12. The first-order chi connectivity index (χ1) is 8.24. The molecular formula is C12H12N4O. The number of benzene rings is 1. The van der Waals surface area contributed by atoms with E-state index in [0.29, 0.717) is 5.95 Å². The first kappa shape index (κ1) is 10.0. The van der Waals surface area contributed by atoms with Crippen molar-refractivity contribution >= 4 is 11.9 Å². The third-order valence-corrected chi connectivity index (χ3v) is 2.81. The van der Waals surface area contributed by atoms with Gasteiger partial charge in [0.2, 0.25) is 11.9 Å². The van der Waals surface area contributed by atoms with E-state index in [4.69, 9.17) is 0 Å². The summed E-state index contributed by atoms with van der Waals surface area (Å²) >= 11 is 0. The standard InChI is InChI=1S/C12H12N4O/c1-8(17)13-12-14-11-10-5-3-2-4-9(10)6-7-16(11)15-12/h2-5H,6-7H2,1H3,(H,13,15,17). The Bertz CT molecular complexity index is 588. The maximum atomic E-state index is 11.0. The molecule has 0 bridgehead atoms. The van der Waals surface area contributed by atoms with E-state index in [2.05, 4.69) is 21.5 Å². The van der Waals surface area contributed by atoms with Crippen molar-refractivity contribution in [2.24, 2.45) is 0 Å². The van der Waals surface area contributed by atoms with Crippen LogP contribution < -0.4 is 5.32 Å². The van der Waals surface area contributed by atoms with Gasteiger partial charge in [-0.15, -0.1) is 5.10 Å². The molecule has 1 aromatic heterocycles. The second-order valence-corrected chi connectivity index (χ2v) is 4.07. The predicted molar refractivity (Wildman–Crippen MR) is 63.5 cm³/mol. The van der Waals surface area contributed by atoms with Crippen LogP contribution in [0.5, 0.6) is 0 Å². The zero-order valence-corrected chi connectivity index (χ0v) is 9.47. The summed E-state index contributed by atoms with van der Waals surface area (Å²) in [5.41, 5.74) is 2.38. The topological polar surface area (TPSA) is 59.8 Å². The molecule has 0 saturated carbocycles. The highest BCUT2D eigenvalue weighted by Crippen LogP contribution is 2.27. The number of amides is 1. The minimum absolute atomic E-state index is 0.152. The minimum atomic E-state index is -0.152. The predicted octanol–water partition coefficient (Wildman–Crippen LogP) is 1.46. The third kappa shape index (κ3) is 1.69. The summed E-state index contributed by atoms with van der Waals surface area (Å²) in [7, 11) is 0. The number of fused-ring (bicyclic) bond motifs is 3. The molecule has 0 fully saturated rings. The Morgan fingerprint density at radius 3 is 3.06 bits per heavy atom. The number of carbonyl (C=O) groups is 1. The number of rotatable bonds is 1. The Morgan fingerprint density at radius 1 is 1.41 bits per heavy atom. The van der Waals surface area contributed by atoms with Crippen LogP contribution in [0.2, 0.25) is 0 Å². The Hall–Kier alpha value is -2.17. The molecule has 0 saturated heterocycles. The molecule has 0 atom stereocenters. The molecule has 1 aliphatic rings. The van der Waals surface area contributed by atoms with E-state index in [-0.39, 0.29) is 5.91 Å². The van der Waals surface area contributed by atoms with Crippen LogP contribution in [0.1, 0.15) is 12.5 Å². The zero-order valence-electron chi connectivity index (χ0n) is 9.47. The smallest absolute Gasteiger partial charge is 0.249 e. The Labute approximate surface area is 98.5 Å². The van der Waals surface area contributed by atoms with Gasteiger partial charge in [-0.2, -0.15) is 4.98 Å². The second kappa shape index (κ2) is 3.69. The highest BCUT2D eigenvalue weighted by molar-refractivity contribution is 5.86. The molecule has 1 amide bonds. The van der Waals surface area contributed by atoms with Crippen molar-refractivity contribution in [3.8, 4) is 11.4 Å². The van der Waals surface area contributed by atoms with Gasteiger partial charge >= 0.3 is 0 Å². The van der Waals surface area contributed by atoms with Crippen LogP contribution >= 0.6 is 0 Å². The maximum Gasteiger partial charge on any atom is 0.249 e. The van der Waals surface area contributed by atoms with Crippen molar-refractivity contribution in [1.82, 2.24) is 14.8 Å². The molecule has 5 heteroatoms. The largest absolute Gasteiger partial charge is 0.293 e.